The van der Waals surface area contributed by atoms with Crippen molar-refractivity contribution in [2.75, 3.05) is 11.4 Å². The molecule has 1 amide bonds. The Morgan fingerprint density at radius 2 is 1.14 bits per heavy atom. The number of phenolic OH excluding ortho intramolecular Hbond substituents is 2. The van der Waals surface area contributed by atoms with Crippen LogP contribution >= 0.6 is 0 Å². The third-order valence-corrected chi connectivity index (χ3v) is 5.26. The Labute approximate surface area is 175 Å². The molecule has 0 radical (unpaired) electrons. The number of nitrogens with zero attached hydrogens (tertiary/aromatic N) is 1. The quantitative estimate of drug-likeness (QED) is 0.371. The van der Waals surface area contributed by atoms with Crippen LogP contribution in [0, 0.1) is 0 Å². The van der Waals surface area contributed by atoms with Gasteiger partial charge in [-0.2, -0.15) is 0 Å². The summed E-state index contributed by atoms with van der Waals surface area (Å²) in [6.07, 6.45) is 12.5. The lowest BCUT2D eigenvalue weighted by Crippen LogP contribution is -2.31. The predicted molar refractivity (Wildman–Crippen MR) is 120 cm³/mol. The van der Waals surface area contributed by atoms with Crippen LogP contribution in [0.15, 0.2) is 48.5 Å². The second-order valence-electron chi connectivity index (χ2n) is 7.70. The van der Waals surface area contributed by atoms with Crippen LogP contribution in [0.5, 0.6) is 11.5 Å². The molecule has 0 aliphatic rings. The molecule has 0 unspecified atom stereocenters. The first-order chi connectivity index (χ1) is 14.1. The molecule has 158 valence electrons. The van der Waals surface area contributed by atoms with Gasteiger partial charge < -0.3 is 15.1 Å². The fourth-order valence-electron chi connectivity index (χ4n) is 3.50. The van der Waals surface area contributed by atoms with Gasteiger partial charge in [-0.3, -0.25) is 4.79 Å². The van der Waals surface area contributed by atoms with Crippen LogP contribution in [0.4, 0.5) is 5.69 Å². The summed E-state index contributed by atoms with van der Waals surface area (Å²) >= 11 is 0. The van der Waals surface area contributed by atoms with E-state index in [-0.39, 0.29) is 17.4 Å². The van der Waals surface area contributed by atoms with Crippen molar-refractivity contribution in [1.82, 2.24) is 0 Å². The second-order valence-corrected chi connectivity index (χ2v) is 7.70. The summed E-state index contributed by atoms with van der Waals surface area (Å²) in [5.41, 5.74) is 1.32. The van der Waals surface area contributed by atoms with Crippen LogP contribution in [-0.4, -0.2) is 22.7 Å². The minimum Gasteiger partial charge on any atom is -0.508 e. The minimum absolute atomic E-state index is 0.0911. The minimum atomic E-state index is -0.0911. The Balaban J connectivity index is 1.84. The lowest BCUT2D eigenvalue weighted by molar-refractivity contribution is 0.0986. The van der Waals surface area contributed by atoms with Crippen molar-refractivity contribution in [2.24, 2.45) is 0 Å². The summed E-state index contributed by atoms with van der Waals surface area (Å²) in [5, 5.41) is 19.0. The van der Waals surface area contributed by atoms with E-state index < -0.39 is 0 Å². The van der Waals surface area contributed by atoms with Gasteiger partial charge in [0.25, 0.3) is 5.91 Å². The van der Waals surface area contributed by atoms with Crippen molar-refractivity contribution in [2.45, 2.75) is 71.1 Å². The van der Waals surface area contributed by atoms with Crippen LogP contribution in [0.1, 0.15) is 81.5 Å². The number of carbonyl (C=O) groups is 1. The maximum atomic E-state index is 13.0. The molecule has 2 aromatic rings. The SMILES string of the molecule is CCCCCCCCCCCCN(C(=O)c1ccc(O)cc1)c1ccc(O)cc1. The number of amides is 1. The highest BCUT2D eigenvalue weighted by Gasteiger charge is 2.17. The highest BCUT2D eigenvalue weighted by atomic mass is 16.3. The van der Waals surface area contributed by atoms with Gasteiger partial charge in [-0.25, -0.2) is 0 Å². The fraction of sp³-hybridized carbons (Fsp3) is 0.480. The molecule has 0 saturated carbocycles. The van der Waals surface area contributed by atoms with E-state index in [9.17, 15) is 15.0 Å². The molecule has 2 rings (SSSR count). The Bertz CT molecular complexity index is 710. The average Bonchev–Trinajstić information content (AvgIpc) is 2.73. The van der Waals surface area contributed by atoms with Gasteiger partial charge in [0.15, 0.2) is 0 Å². The smallest absolute Gasteiger partial charge is 0.258 e. The molecule has 0 atom stereocenters. The highest BCUT2D eigenvalue weighted by Crippen LogP contribution is 2.22. The zero-order valence-electron chi connectivity index (χ0n) is 17.6. The number of carbonyl (C=O) groups excluding carboxylic acids is 1. The van der Waals surface area contributed by atoms with Gasteiger partial charge in [0.1, 0.15) is 11.5 Å². The molecule has 4 heteroatoms. The number of phenols is 2. The van der Waals surface area contributed by atoms with Crippen molar-refractivity contribution in [1.29, 1.82) is 0 Å². The van der Waals surface area contributed by atoms with Gasteiger partial charge in [-0.15, -0.1) is 0 Å². The standard InChI is InChI=1S/C25H35NO3/c1-2-3-4-5-6-7-8-9-10-11-20-26(22-14-18-24(28)19-15-22)25(29)21-12-16-23(27)17-13-21/h12-19,27-28H,2-11,20H2,1H3. The normalized spacial score (nSPS) is 10.8. The molecule has 0 heterocycles. The van der Waals surface area contributed by atoms with Crippen molar-refractivity contribution in [3.63, 3.8) is 0 Å². The molecular formula is C25H35NO3. The Kier molecular flexibility index (Phi) is 10.1. The van der Waals surface area contributed by atoms with Crippen LogP contribution in [0.2, 0.25) is 0 Å². The van der Waals surface area contributed by atoms with E-state index in [2.05, 4.69) is 6.92 Å². The van der Waals surface area contributed by atoms with Gasteiger partial charge in [0.2, 0.25) is 0 Å². The molecule has 0 aliphatic heterocycles. The van der Waals surface area contributed by atoms with Crippen molar-refractivity contribution >= 4 is 11.6 Å². The molecule has 2 N–H and O–H groups in total. The Morgan fingerprint density at radius 1 is 0.690 bits per heavy atom. The maximum absolute atomic E-state index is 13.0. The van der Waals surface area contributed by atoms with E-state index in [1.54, 1.807) is 41.3 Å². The van der Waals surface area contributed by atoms with Gasteiger partial charge in [-0.1, -0.05) is 64.7 Å². The monoisotopic (exact) mass is 397 g/mol. The van der Waals surface area contributed by atoms with Crippen molar-refractivity contribution < 1.29 is 15.0 Å². The van der Waals surface area contributed by atoms with Gasteiger partial charge in [-0.05, 0) is 55.0 Å². The molecule has 4 nitrogen and oxygen atoms in total. The number of rotatable bonds is 13. The van der Waals surface area contributed by atoms with Gasteiger partial charge in [0.05, 0.1) is 0 Å². The molecule has 0 aromatic heterocycles. The number of benzene rings is 2. The Hall–Kier alpha value is -2.49. The maximum Gasteiger partial charge on any atom is 0.258 e. The summed E-state index contributed by atoms with van der Waals surface area (Å²) in [5.74, 6) is 0.240. The average molecular weight is 398 g/mol. The number of hydrogen-bond acceptors (Lipinski definition) is 3. The molecule has 2 aromatic carbocycles. The first kappa shape index (κ1) is 22.8. The third kappa shape index (κ3) is 8.18. The van der Waals surface area contributed by atoms with Crippen molar-refractivity contribution in [3.05, 3.63) is 54.1 Å². The van der Waals surface area contributed by atoms with E-state index in [1.165, 1.54) is 63.5 Å². The lowest BCUT2D eigenvalue weighted by Gasteiger charge is -2.23. The van der Waals surface area contributed by atoms with Crippen molar-refractivity contribution in [3.8, 4) is 11.5 Å². The first-order valence-electron chi connectivity index (χ1n) is 11.0. The molecule has 29 heavy (non-hydrogen) atoms. The van der Waals surface area contributed by atoms with E-state index in [1.807, 2.05) is 0 Å². The van der Waals surface area contributed by atoms with E-state index in [4.69, 9.17) is 0 Å². The van der Waals surface area contributed by atoms with Gasteiger partial charge in [0, 0.05) is 17.8 Å². The molecular weight excluding hydrogens is 362 g/mol. The molecule has 0 spiro atoms. The third-order valence-electron chi connectivity index (χ3n) is 5.26. The molecule has 0 saturated heterocycles. The molecule has 0 fully saturated rings. The molecule has 0 aliphatic carbocycles. The van der Waals surface area contributed by atoms with Gasteiger partial charge >= 0.3 is 0 Å². The second kappa shape index (κ2) is 12.9. The summed E-state index contributed by atoms with van der Waals surface area (Å²) in [6.45, 7) is 2.88. The predicted octanol–water partition coefficient (Wildman–Crippen LogP) is 6.67. The van der Waals surface area contributed by atoms with E-state index in [0.717, 1.165) is 18.5 Å². The van der Waals surface area contributed by atoms with E-state index in [0.29, 0.717) is 12.1 Å². The summed E-state index contributed by atoms with van der Waals surface area (Å²) in [7, 11) is 0. The number of aromatic hydroxyl groups is 2. The molecule has 0 bridgehead atoms. The van der Waals surface area contributed by atoms with Crippen LogP contribution < -0.4 is 4.90 Å². The summed E-state index contributed by atoms with van der Waals surface area (Å²) in [4.78, 5) is 14.8. The summed E-state index contributed by atoms with van der Waals surface area (Å²) in [6, 6.07) is 13.1. The zero-order valence-corrected chi connectivity index (χ0v) is 17.6. The number of anilines is 1. The number of hydrogen-bond donors (Lipinski definition) is 2. The summed E-state index contributed by atoms with van der Waals surface area (Å²) < 4.78 is 0. The Morgan fingerprint density at radius 3 is 1.66 bits per heavy atom. The van der Waals surface area contributed by atoms with E-state index >= 15 is 0 Å². The number of unbranched alkanes of at least 4 members (excludes halogenated alkanes) is 9. The topological polar surface area (TPSA) is 60.8 Å². The van der Waals surface area contributed by atoms with Crippen LogP contribution in [0.25, 0.3) is 0 Å². The largest absolute Gasteiger partial charge is 0.508 e. The first-order valence-corrected chi connectivity index (χ1v) is 11.0. The fourth-order valence-corrected chi connectivity index (χ4v) is 3.50. The van der Waals surface area contributed by atoms with Crippen LogP contribution in [0.3, 0.4) is 0 Å². The zero-order chi connectivity index (χ0) is 20.9. The highest BCUT2D eigenvalue weighted by molar-refractivity contribution is 6.06. The lowest BCUT2D eigenvalue weighted by atomic mass is 10.1. The van der Waals surface area contributed by atoms with Crippen LogP contribution in [-0.2, 0) is 0 Å².